The van der Waals surface area contributed by atoms with Crippen LogP contribution in [0.15, 0.2) is 30.5 Å². The van der Waals surface area contributed by atoms with E-state index < -0.39 is 0 Å². The fraction of sp³-hybridized carbons (Fsp3) is 0.500. The lowest BCUT2D eigenvalue weighted by Gasteiger charge is -2.47. The maximum Gasteiger partial charge on any atom is 0.0479 e. The van der Waals surface area contributed by atoms with Gasteiger partial charge in [0.2, 0.25) is 0 Å². The van der Waals surface area contributed by atoms with Gasteiger partial charge in [-0.3, -0.25) is 9.88 Å². The molecule has 2 saturated heterocycles. The van der Waals surface area contributed by atoms with Crippen molar-refractivity contribution in [2.24, 2.45) is 11.8 Å². The molecular weight excluding hydrogens is 244 g/mol. The summed E-state index contributed by atoms with van der Waals surface area (Å²) in [6, 6.07) is 8.76. The fourth-order valence-electron chi connectivity index (χ4n) is 4.06. The number of hydrogen-bond donors (Lipinski definition) is 0. The van der Waals surface area contributed by atoms with Crippen LogP contribution in [0.1, 0.15) is 31.0 Å². The van der Waals surface area contributed by atoms with Gasteiger partial charge in [-0.25, -0.2) is 0 Å². The Balaban J connectivity index is 1.66. The molecule has 5 rings (SSSR count). The van der Waals surface area contributed by atoms with Crippen LogP contribution < -0.4 is 0 Å². The molecule has 20 heavy (non-hydrogen) atoms. The summed E-state index contributed by atoms with van der Waals surface area (Å²) in [5.74, 6) is 1.95. The first-order valence-electron chi connectivity index (χ1n) is 7.91. The predicted octanol–water partition coefficient (Wildman–Crippen LogP) is 3.64. The molecule has 104 valence electrons. The Labute approximate surface area is 120 Å². The average Bonchev–Trinajstić information content (AvgIpc) is 2.47. The summed E-state index contributed by atoms with van der Waals surface area (Å²) in [5.41, 5.74) is 2.63. The zero-order valence-electron chi connectivity index (χ0n) is 12.2. The molecule has 1 aromatic heterocycles. The zero-order valence-corrected chi connectivity index (χ0v) is 12.2. The summed E-state index contributed by atoms with van der Waals surface area (Å²) < 4.78 is 0. The Kier molecular flexibility index (Phi) is 2.99. The van der Waals surface area contributed by atoms with E-state index in [1.807, 2.05) is 0 Å². The van der Waals surface area contributed by atoms with Gasteiger partial charge in [-0.2, -0.15) is 0 Å². The lowest BCUT2D eigenvalue weighted by molar-refractivity contribution is 0.0230. The van der Waals surface area contributed by atoms with Crippen LogP contribution in [0.3, 0.4) is 0 Å². The van der Waals surface area contributed by atoms with E-state index in [4.69, 9.17) is 4.98 Å². The maximum atomic E-state index is 4.69. The second-order valence-corrected chi connectivity index (χ2v) is 6.53. The number of fused-ring (bicyclic) bond motifs is 3. The Morgan fingerprint density at radius 3 is 2.50 bits per heavy atom. The van der Waals surface area contributed by atoms with Crippen LogP contribution in [-0.4, -0.2) is 23.0 Å². The number of aryl methyl sites for hydroxylation is 1. The van der Waals surface area contributed by atoms with Crippen LogP contribution in [0.2, 0.25) is 0 Å². The van der Waals surface area contributed by atoms with Gasteiger partial charge in [0.25, 0.3) is 0 Å². The molecule has 0 atom stereocenters. The zero-order chi connectivity index (χ0) is 13.5. The summed E-state index contributed by atoms with van der Waals surface area (Å²) in [6.45, 7) is 5.85. The van der Waals surface area contributed by atoms with Gasteiger partial charge in [-0.1, -0.05) is 31.2 Å². The van der Waals surface area contributed by atoms with Crippen LogP contribution >= 0.6 is 0 Å². The van der Waals surface area contributed by atoms with Crippen LogP contribution in [0.4, 0.5) is 0 Å². The van der Waals surface area contributed by atoms with Crippen molar-refractivity contribution in [2.45, 2.75) is 32.7 Å². The minimum Gasteiger partial charge on any atom is -0.298 e. The minimum atomic E-state index is 0.975. The lowest BCUT2D eigenvalue weighted by Crippen LogP contribution is -2.48. The first-order chi connectivity index (χ1) is 9.83. The van der Waals surface area contributed by atoms with Gasteiger partial charge in [0.15, 0.2) is 0 Å². The highest BCUT2D eigenvalue weighted by molar-refractivity contribution is 5.87. The van der Waals surface area contributed by atoms with Crippen molar-refractivity contribution in [1.82, 2.24) is 9.88 Å². The molecule has 3 aliphatic rings. The van der Waals surface area contributed by atoms with E-state index in [2.05, 4.69) is 42.3 Å². The third-order valence-electron chi connectivity index (χ3n) is 5.06. The summed E-state index contributed by atoms with van der Waals surface area (Å²) >= 11 is 0. The highest BCUT2D eigenvalue weighted by atomic mass is 15.1. The third kappa shape index (κ3) is 2.03. The Morgan fingerprint density at radius 2 is 1.80 bits per heavy atom. The second-order valence-electron chi connectivity index (χ2n) is 6.53. The van der Waals surface area contributed by atoms with E-state index in [9.17, 15) is 0 Å². The fourth-order valence-corrected chi connectivity index (χ4v) is 4.06. The predicted molar refractivity (Wildman–Crippen MR) is 82.6 cm³/mol. The molecule has 0 spiro atoms. The number of aromatic nitrogens is 1. The average molecular weight is 266 g/mol. The van der Waals surface area contributed by atoms with Crippen molar-refractivity contribution in [2.75, 3.05) is 13.1 Å². The van der Waals surface area contributed by atoms with E-state index in [1.165, 1.54) is 48.0 Å². The number of hydrogen-bond acceptors (Lipinski definition) is 2. The lowest BCUT2D eigenvalue weighted by atomic mass is 9.71. The standard InChI is InChI=1S/C18H22N2/c1-2-18-17-6-4-3-5-16(17)15(9-19-18)12-20-10-13-7-14(8-13)11-20/h3-6,9,13-14H,2,7-8,10-12H2,1H3. The molecular formula is C18H22N2. The molecule has 0 radical (unpaired) electrons. The van der Waals surface area contributed by atoms with Gasteiger partial charge < -0.3 is 0 Å². The summed E-state index contributed by atoms with van der Waals surface area (Å²) in [4.78, 5) is 7.33. The molecule has 0 N–H and O–H groups in total. The first-order valence-corrected chi connectivity index (χ1v) is 7.91. The van der Waals surface area contributed by atoms with Crippen LogP contribution in [0.5, 0.6) is 0 Å². The summed E-state index contributed by atoms with van der Waals surface area (Å²) in [5, 5.41) is 2.74. The van der Waals surface area contributed by atoms with Crippen LogP contribution in [-0.2, 0) is 13.0 Å². The van der Waals surface area contributed by atoms with Crippen molar-refractivity contribution in [3.63, 3.8) is 0 Å². The van der Waals surface area contributed by atoms with Crippen LogP contribution in [0.25, 0.3) is 10.8 Å². The van der Waals surface area contributed by atoms with Crippen molar-refractivity contribution in [3.05, 3.63) is 41.7 Å². The quantitative estimate of drug-likeness (QED) is 0.843. The van der Waals surface area contributed by atoms with Crippen molar-refractivity contribution >= 4 is 10.8 Å². The Hall–Kier alpha value is -1.41. The molecule has 2 nitrogen and oxygen atoms in total. The number of rotatable bonds is 3. The molecule has 3 fully saturated rings. The molecule has 1 saturated carbocycles. The molecule has 0 unspecified atom stereocenters. The molecule has 1 aliphatic carbocycles. The van der Waals surface area contributed by atoms with Gasteiger partial charge >= 0.3 is 0 Å². The van der Waals surface area contributed by atoms with E-state index >= 15 is 0 Å². The number of pyridine rings is 1. The SMILES string of the molecule is CCc1ncc(CN2CC3CC(C3)C2)c2ccccc12. The van der Waals surface area contributed by atoms with E-state index in [1.54, 1.807) is 0 Å². The van der Waals surface area contributed by atoms with Gasteiger partial charge in [0.05, 0.1) is 0 Å². The van der Waals surface area contributed by atoms with Crippen molar-refractivity contribution in [1.29, 1.82) is 0 Å². The van der Waals surface area contributed by atoms with Crippen LogP contribution in [0, 0.1) is 11.8 Å². The number of piperidine rings is 2. The topological polar surface area (TPSA) is 16.1 Å². The first kappa shape index (κ1) is 12.3. The summed E-state index contributed by atoms with van der Waals surface area (Å²) in [6.07, 6.45) is 6.07. The molecule has 2 bridgehead atoms. The second kappa shape index (κ2) is 4.85. The van der Waals surface area contributed by atoms with Gasteiger partial charge in [-0.05, 0) is 42.0 Å². The van der Waals surface area contributed by atoms with E-state index in [0.29, 0.717) is 0 Å². The van der Waals surface area contributed by atoms with E-state index in [0.717, 1.165) is 24.8 Å². The Morgan fingerprint density at radius 1 is 1.10 bits per heavy atom. The maximum absolute atomic E-state index is 4.69. The molecule has 3 heterocycles. The minimum absolute atomic E-state index is 0.975. The normalized spacial score (nSPS) is 25.6. The molecule has 2 aromatic rings. The van der Waals surface area contributed by atoms with Crippen molar-refractivity contribution < 1.29 is 0 Å². The largest absolute Gasteiger partial charge is 0.298 e. The summed E-state index contributed by atoms with van der Waals surface area (Å²) in [7, 11) is 0. The highest BCUT2D eigenvalue weighted by Crippen LogP contribution is 2.40. The van der Waals surface area contributed by atoms with E-state index in [-0.39, 0.29) is 0 Å². The molecule has 0 amide bonds. The monoisotopic (exact) mass is 266 g/mol. The van der Waals surface area contributed by atoms with Gasteiger partial charge in [0, 0.05) is 36.9 Å². The Bertz CT molecular complexity index is 618. The van der Waals surface area contributed by atoms with Gasteiger partial charge in [0.1, 0.15) is 0 Å². The molecule has 1 aromatic carbocycles. The number of benzene rings is 1. The molecule has 2 aliphatic heterocycles. The smallest absolute Gasteiger partial charge is 0.0479 e. The highest BCUT2D eigenvalue weighted by Gasteiger charge is 2.36. The van der Waals surface area contributed by atoms with Crippen molar-refractivity contribution in [3.8, 4) is 0 Å². The molecule has 2 heteroatoms. The van der Waals surface area contributed by atoms with Gasteiger partial charge in [-0.15, -0.1) is 0 Å². The third-order valence-corrected chi connectivity index (χ3v) is 5.06. The number of nitrogens with zero attached hydrogens (tertiary/aromatic N) is 2.